The molecule has 1 aliphatic heterocycles. The van der Waals surface area contributed by atoms with Gasteiger partial charge in [-0.1, -0.05) is 12.1 Å². The third-order valence-corrected chi connectivity index (χ3v) is 4.96. The fourth-order valence-electron chi connectivity index (χ4n) is 3.11. The van der Waals surface area contributed by atoms with E-state index in [9.17, 15) is 14.0 Å². The van der Waals surface area contributed by atoms with Crippen LogP contribution in [0.5, 0.6) is 0 Å². The molecule has 1 aliphatic rings. The van der Waals surface area contributed by atoms with Crippen LogP contribution in [0.2, 0.25) is 0 Å². The number of amides is 2. The molecule has 0 unspecified atom stereocenters. The van der Waals surface area contributed by atoms with Crippen molar-refractivity contribution < 1.29 is 14.0 Å². The van der Waals surface area contributed by atoms with E-state index in [4.69, 9.17) is 0 Å². The highest BCUT2D eigenvalue weighted by Crippen LogP contribution is 2.29. The molecule has 0 bridgehead atoms. The summed E-state index contributed by atoms with van der Waals surface area (Å²) in [6, 6.07) is 11.3. The maximum atomic E-state index is 13.3. The first-order chi connectivity index (χ1) is 11.6. The summed E-state index contributed by atoms with van der Waals surface area (Å²) in [7, 11) is 0. The Labute approximate surface area is 145 Å². The zero-order chi connectivity index (χ0) is 16.8. The van der Waals surface area contributed by atoms with E-state index in [0.717, 1.165) is 15.6 Å². The van der Waals surface area contributed by atoms with E-state index in [0.29, 0.717) is 23.1 Å². The number of nitrogens with zero attached hydrogens (tertiary/aromatic N) is 1. The second-order valence-electron chi connectivity index (χ2n) is 5.66. The molecule has 0 atom stereocenters. The van der Waals surface area contributed by atoms with Crippen LogP contribution < -0.4 is 0 Å². The van der Waals surface area contributed by atoms with Crippen LogP contribution in [0.15, 0.2) is 47.1 Å². The molecule has 2 heterocycles. The molecule has 24 heavy (non-hydrogen) atoms. The zero-order valence-electron chi connectivity index (χ0n) is 12.5. The van der Waals surface area contributed by atoms with E-state index < -0.39 is 0 Å². The van der Waals surface area contributed by atoms with Crippen molar-refractivity contribution in [1.82, 2.24) is 9.88 Å². The Morgan fingerprint density at radius 2 is 1.71 bits per heavy atom. The Balaban J connectivity index is 1.62. The molecule has 4 rings (SSSR count). The molecule has 2 aromatic carbocycles. The number of benzene rings is 2. The summed E-state index contributed by atoms with van der Waals surface area (Å²) >= 11 is 3.44. The van der Waals surface area contributed by atoms with Gasteiger partial charge in [-0.05, 0) is 58.2 Å². The first-order valence-corrected chi connectivity index (χ1v) is 8.26. The van der Waals surface area contributed by atoms with E-state index in [-0.39, 0.29) is 24.2 Å². The molecule has 0 spiro atoms. The molecule has 3 aromatic rings. The number of imide groups is 1. The number of fused-ring (bicyclic) bond motifs is 2. The number of hydrogen-bond donors (Lipinski definition) is 1. The van der Waals surface area contributed by atoms with E-state index in [1.54, 1.807) is 30.3 Å². The lowest BCUT2D eigenvalue weighted by atomic mass is 10.1. The lowest BCUT2D eigenvalue weighted by Crippen LogP contribution is -2.31. The zero-order valence-corrected chi connectivity index (χ0v) is 14.1. The average Bonchev–Trinajstić information content (AvgIpc) is 3.00. The van der Waals surface area contributed by atoms with Crippen molar-refractivity contribution in [3.63, 3.8) is 0 Å². The molecule has 2 amide bonds. The standard InChI is InChI=1S/C18H12BrFN2O2/c19-16-12(11-6-5-10(20)9-15(11)21-16)7-8-22-17(23)13-3-1-2-4-14(13)18(22)24/h1-6,9,21H,7-8H2. The van der Waals surface area contributed by atoms with Gasteiger partial charge in [0.1, 0.15) is 5.82 Å². The maximum Gasteiger partial charge on any atom is 0.261 e. The molecule has 0 aliphatic carbocycles. The Kier molecular flexibility index (Phi) is 3.49. The summed E-state index contributed by atoms with van der Waals surface area (Å²) in [6.07, 6.45) is 0.484. The third-order valence-electron chi connectivity index (χ3n) is 4.28. The minimum Gasteiger partial charge on any atom is -0.349 e. The molecule has 0 fully saturated rings. The Hall–Kier alpha value is -2.47. The third kappa shape index (κ3) is 2.26. The highest BCUT2D eigenvalue weighted by Gasteiger charge is 2.34. The lowest BCUT2D eigenvalue weighted by Gasteiger charge is -2.13. The van der Waals surface area contributed by atoms with Gasteiger partial charge in [0.15, 0.2) is 0 Å². The summed E-state index contributed by atoms with van der Waals surface area (Å²) < 4.78 is 14.1. The number of H-pyrrole nitrogens is 1. The average molecular weight is 387 g/mol. The van der Waals surface area contributed by atoms with Gasteiger partial charge in [-0.25, -0.2) is 4.39 Å². The molecule has 0 saturated carbocycles. The van der Waals surface area contributed by atoms with Gasteiger partial charge in [-0.15, -0.1) is 0 Å². The van der Waals surface area contributed by atoms with Gasteiger partial charge in [0, 0.05) is 17.4 Å². The van der Waals surface area contributed by atoms with Crippen molar-refractivity contribution in [2.24, 2.45) is 0 Å². The maximum absolute atomic E-state index is 13.3. The number of nitrogens with one attached hydrogen (secondary N) is 1. The van der Waals surface area contributed by atoms with E-state index in [2.05, 4.69) is 20.9 Å². The number of rotatable bonds is 3. The minimum absolute atomic E-state index is 0.266. The molecule has 4 nitrogen and oxygen atoms in total. The number of aromatic nitrogens is 1. The van der Waals surface area contributed by atoms with Crippen LogP contribution in [0.1, 0.15) is 26.3 Å². The topological polar surface area (TPSA) is 53.2 Å². The monoisotopic (exact) mass is 386 g/mol. The lowest BCUT2D eigenvalue weighted by molar-refractivity contribution is 0.0656. The van der Waals surface area contributed by atoms with Crippen molar-refractivity contribution in [2.45, 2.75) is 6.42 Å². The molecular weight excluding hydrogens is 375 g/mol. The van der Waals surface area contributed by atoms with Gasteiger partial charge >= 0.3 is 0 Å². The van der Waals surface area contributed by atoms with Crippen LogP contribution in [-0.2, 0) is 6.42 Å². The van der Waals surface area contributed by atoms with E-state index >= 15 is 0 Å². The normalized spacial score (nSPS) is 13.8. The fraction of sp³-hybridized carbons (Fsp3) is 0.111. The van der Waals surface area contributed by atoms with Gasteiger partial charge in [0.05, 0.1) is 15.7 Å². The fourth-order valence-corrected chi connectivity index (χ4v) is 3.73. The molecular formula is C18H12BrFN2O2. The van der Waals surface area contributed by atoms with Crippen LogP contribution in [-0.4, -0.2) is 28.2 Å². The molecule has 6 heteroatoms. The van der Waals surface area contributed by atoms with E-state index in [1.165, 1.54) is 17.0 Å². The van der Waals surface area contributed by atoms with E-state index in [1.807, 2.05) is 0 Å². The molecule has 1 N–H and O–H groups in total. The second kappa shape index (κ2) is 5.56. The minimum atomic E-state index is -0.317. The Morgan fingerprint density at radius 3 is 2.38 bits per heavy atom. The summed E-state index contributed by atoms with van der Waals surface area (Å²) in [6.45, 7) is 0.273. The first-order valence-electron chi connectivity index (χ1n) is 7.47. The molecule has 0 radical (unpaired) electrons. The highest BCUT2D eigenvalue weighted by molar-refractivity contribution is 9.10. The number of carbonyl (C=O) groups is 2. The van der Waals surface area contributed by atoms with Crippen molar-refractivity contribution in [2.75, 3.05) is 6.54 Å². The number of halogens is 2. The quantitative estimate of drug-likeness (QED) is 0.693. The predicted molar refractivity (Wildman–Crippen MR) is 91.5 cm³/mol. The molecule has 120 valence electrons. The Bertz CT molecular complexity index is 961. The summed E-state index contributed by atoms with van der Waals surface area (Å²) in [5.41, 5.74) is 2.49. The Morgan fingerprint density at radius 1 is 1.04 bits per heavy atom. The van der Waals surface area contributed by atoms with Crippen molar-refractivity contribution in [1.29, 1.82) is 0 Å². The highest BCUT2D eigenvalue weighted by atomic mass is 79.9. The molecule has 1 aromatic heterocycles. The van der Waals surface area contributed by atoms with Gasteiger partial charge in [-0.2, -0.15) is 0 Å². The molecule has 0 saturated heterocycles. The number of aromatic amines is 1. The number of carbonyl (C=O) groups excluding carboxylic acids is 2. The van der Waals surface area contributed by atoms with Crippen LogP contribution in [0, 0.1) is 5.82 Å². The van der Waals surface area contributed by atoms with Crippen LogP contribution in [0.3, 0.4) is 0 Å². The van der Waals surface area contributed by atoms with Crippen molar-refractivity contribution >= 4 is 38.6 Å². The SMILES string of the molecule is O=C1c2ccccc2C(=O)N1CCc1c(Br)[nH]c2cc(F)ccc12. The smallest absolute Gasteiger partial charge is 0.261 e. The van der Waals surface area contributed by atoms with Crippen LogP contribution >= 0.6 is 15.9 Å². The summed E-state index contributed by atoms with van der Waals surface area (Å²) in [4.78, 5) is 29.1. The van der Waals surface area contributed by atoms with Crippen molar-refractivity contribution in [3.8, 4) is 0 Å². The number of hydrogen-bond acceptors (Lipinski definition) is 2. The summed E-state index contributed by atoms with van der Waals surface area (Å²) in [5.74, 6) is -0.849. The first kappa shape index (κ1) is 15.1. The van der Waals surface area contributed by atoms with Crippen LogP contribution in [0.4, 0.5) is 4.39 Å². The largest absolute Gasteiger partial charge is 0.349 e. The summed E-state index contributed by atoms with van der Waals surface area (Å²) in [5, 5.41) is 0.875. The van der Waals surface area contributed by atoms with Gasteiger partial charge in [-0.3, -0.25) is 14.5 Å². The van der Waals surface area contributed by atoms with Gasteiger partial charge in [0.2, 0.25) is 0 Å². The van der Waals surface area contributed by atoms with Crippen molar-refractivity contribution in [3.05, 3.63) is 69.6 Å². The second-order valence-corrected chi connectivity index (χ2v) is 6.46. The predicted octanol–water partition coefficient (Wildman–Crippen LogP) is 3.91. The van der Waals surface area contributed by atoms with Gasteiger partial charge < -0.3 is 4.98 Å². The van der Waals surface area contributed by atoms with Crippen LogP contribution in [0.25, 0.3) is 10.9 Å². The van der Waals surface area contributed by atoms with Gasteiger partial charge in [0.25, 0.3) is 11.8 Å².